The third kappa shape index (κ3) is 7.50. The van der Waals surface area contributed by atoms with E-state index in [4.69, 9.17) is 21.1 Å². The van der Waals surface area contributed by atoms with E-state index in [2.05, 4.69) is 5.32 Å². The smallest absolute Gasteiger partial charge is 0.244 e. The van der Waals surface area contributed by atoms with Gasteiger partial charge in [0.25, 0.3) is 0 Å². The van der Waals surface area contributed by atoms with Gasteiger partial charge in [-0.05, 0) is 37.1 Å². The Kier molecular flexibility index (Phi) is 10.2. The van der Waals surface area contributed by atoms with Crippen molar-refractivity contribution in [2.45, 2.75) is 32.9 Å². The number of carbonyl (C=O) groups is 2. The van der Waals surface area contributed by atoms with E-state index in [1.165, 1.54) is 31.3 Å². The first-order valence-electron chi connectivity index (χ1n) is 11.0. The molecule has 0 spiro atoms. The summed E-state index contributed by atoms with van der Waals surface area (Å²) in [5.74, 6) is -0.183. The summed E-state index contributed by atoms with van der Waals surface area (Å²) in [6.07, 6.45) is 1.74. The van der Waals surface area contributed by atoms with Crippen LogP contribution in [0.3, 0.4) is 0 Å². The number of amides is 2. The number of hydrogen-bond acceptors (Lipinski definition) is 6. The lowest BCUT2D eigenvalue weighted by Gasteiger charge is -2.31. The molecule has 0 aliphatic carbocycles. The molecule has 2 rings (SSSR count). The molecule has 0 bridgehead atoms. The molecule has 2 aromatic rings. The Morgan fingerprint density at radius 3 is 2.31 bits per heavy atom. The fraction of sp³-hybridized carbons (Fsp3) is 0.417. The van der Waals surface area contributed by atoms with Crippen LogP contribution in [0.1, 0.15) is 25.8 Å². The molecule has 0 unspecified atom stereocenters. The van der Waals surface area contributed by atoms with Crippen molar-refractivity contribution in [2.24, 2.45) is 0 Å². The second kappa shape index (κ2) is 12.6. The number of carbonyl (C=O) groups excluding carboxylic acids is 2. The van der Waals surface area contributed by atoms with Crippen molar-refractivity contribution in [3.8, 4) is 11.5 Å². The third-order valence-corrected chi connectivity index (χ3v) is 6.86. The van der Waals surface area contributed by atoms with Gasteiger partial charge in [-0.1, -0.05) is 36.7 Å². The first kappa shape index (κ1) is 28.3. The van der Waals surface area contributed by atoms with Crippen LogP contribution in [0.25, 0.3) is 0 Å². The van der Waals surface area contributed by atoms with Crippen LogP contribution in [0.2, 0.25) is 5.02 Å². The zero-order valence-electron chi connectivity index (χ0n) is 20.6. The SMILES string of the molecule is CCCNC(=O)[C@@H](C)N(Cc1ccccc1Cl)C(=O)CN(c1ccc(OC)c(OC)c1)S(C)(=O)=O. The molecule has 0 saturated carbocycles. The highest BCUT2D eigenvalue weighted by atomic mass is 35.5. The minimum atomic E-state index is -3.87. The van der Waals surface area contributed by atoms with Crippen molar-refractivity contribution >= 4 is 39.1 Å². The Morgan fingerprint density at radius 2 is 1.74 bits per heavy atom. The Labute approximate surface area is 212 Å². The molecule has 192 valence electrons. The number of ether oxygens (including phenoxy) is 2. The average Bonchev–Trinajstić information content (AvgIpc) is 2.83. The van der Waals surface area contributed by atoms with E-state index in [0.29, 0.717) is 28.6 Å². The summed E-state index contributed by atoms with van der Waals surface area (Å²) in [5.41, 5.74) is 0.856. The summed E-state index contributed by atoms with van der Waals surface area (Å²) in [5, 5.41) is 3.22. The molecule has 0 fully saturated rings. The van der Waals surface area contributed by atoms with Crippen LogP contribution in [0.15, 0.2) is 42.5 Å². The van der Waals surface area contributed by atoms with E-state index in [9.17, 15) is 18.0 Å². The Morgan fingerprint density at radius 1 is 1.09 bits per heavy atom. The van der Waals surface area contributed by atoms with Gasteiger partial charge in [-0.3, -0.25) is 13.9 Å². The zero-order valence-corrected chi connectivity index (χ0v) is 22.1. The van der Waals surface area contributed by atoms with Gasteiger partial charge in [0, 0.05) is 24.2 Å². The first-order valence-corrected chi connectivity index (χ1v) is 13.3. The largest absolute Gasteiger partial charge is 0.493 e. The normalized spacial score (nSPS) is 11.9. The fourth-order valence-electron chi connectivity index (χ4n) is 3.38. The number of methoxy groups -OCH3 is 2. The Balaban J connectivity index is 2.43. The Hall–Kier alpha value is -2.98. The molecule has 0 saturated heterocycles. The third-order valence-electron chi connectivity index (χ3n) is 5.35. The monoisotopic (exact) mass is 525 g/mol. The molecule has 1 atom stereocenters. The average molecular weight is 526 g/mol. The van der Waals surface area contributed by atoms with Gasteiger partial charge in [0.2, 0.25) is 21.8 Å². The van der Waals surface area contributed by atoms with Crippen LogP contribution >= 0.6 is 11.6 Å². The van der Waals surface area contributed by atoms with Gasteiger partial charge in [-0.2, -0.15) is 0 Å². The lowest BCUT2D eigenvalue weighted by Crippen LogP contribution is -2.51. The molecular weight excluding hydrogens is 494 g/mol. The lowest BCUT2D eigenvalue weighted by atomic mass is 10.1. The van der Waals surface area contributed by atoms with E-state index in [1.54, 1.807) is 37.3 Å². The standard InChI is InChI=1S/C24H32ClN3O6S/c1-6-13-26-24(30)17(2)27(15-18-9-7-8-10-20(18)25)23(29)16-28(35(5,31)32)19-11-12-21(33-3)22(14-19)34-4/h7-12,14,17H,6,13,15-16H2,1-5H3,(H,26,30)/t17-/m1/s1. The van der Waals surface area contributed by atoms with E-state index < -0.39 is 28.5 Å². The summed E-state index contributed by atoms with van der Waals surface area (Å²) in [4.78, 5) is 27.6. The lowest BCUT2D eigenvalue weighted by molar-refractivity contribution is -0.139. The molecule has 11 heteroatoms. The molecule has 0 aliphatic rings. The summed E-state index contributed by atoms with van der Waals surface area (Å²) in [6, 6.07) is 10.7. The van der Waals surface area contributed by atoms with E-state index in [1.807, 2.05) is 6.92 Å². The zero-order chi connectivity index (χ0) is 26.2. The molecular formula is C24H32ClN3O6S. The number of benzene rings is 2. The van der Waals surface area contributed by atoms with Crippen LogP contribution in [-0.4, -0.2) is 64.7 Å². The summed E-state index contributed by atoms with van der Waals surface area (Å²) in [7, 11) is -0.974. The number of anilines is 1. The minimum Gasteiger partial charge on any atom is -0.493 e. The number of hydrogen-bond donors (Lipinski definition) is 1. The number of sulfonamides is 1. The van der Waals surface area contributed by atoms with Gasteiger partial charge < -0.3 is 19.7 Å². The van der Waals surface area contributed by atoms with Crippen molar-refractivity contribution in [1.29, 1.82) is 0 Å². The molecule has 1 N–H and O–H groups in total. The quantitative estimate of drug-likeness (QED) is 0.456. The molecule has 2 aromatic carbocycles. The van der Waals surface area contributed by atoms with Crippen molar-refractivity contribution in [2.75, 3.05) is 37.9 Å². The van der Waals surface area contributed by atoms with Crippen LogP contribution in [0.4, 0.5) is 5.69 Å². The summed E-state index contributed by atoms with van der Waals surface area (Å²) < 4.78 is 36.8. The maximum atomic E-state index is 13.5. The maximum absolute atomic E-state index is 13.5. The van der Waals surface area contributed by atoms with Gasteiger partial charge in [0.1, 0.15) is 12.6 Å². The highest BCUT2D eigenvalue weighted by Crippen LogP contribution is 2.32. The van der Waals surface area contributed by atoms with Crippen LogP contribution in [-0.2, 0) is 26.2 Å². The Bertz CT molecular complexity index is 1140. The van der Waals surface area contributed by atoms with E-state index in [0.717, 1.165) is 17.0 Å². The van der Waals surface area contributed by atoms with Gasteiger partial charge >= 0.3 is 0 Å². The van der Waals surface area contributed by atoms with E-state index in [-0.39, 0.29) is 18.1 Å². The predicted molar refractivity (Wildman–Crippen MR) is 137 cm³/mol. The number of nitrogens with zero attached hydrogens (tertiary/aromatic N) is 2. The predicted octanol–water partition coefficient (Wildman–Crippen LogP) is 3.07. The van der Waals surface area contributed by atoms with Gasteiger partial charge in [-0.25, -0.2) is 8.42 Å². The molecule has 0 radical (unpaired) electrons. The number of nitrogens with one attached hydrogen (secondary N) is 1. The number of halogens is 1. The van der Waals surface area contributed by atoms with Crippen molar-refractivity contribution in [3.63, 3.8) is 0 Å². The highest BCUT2D eigenvalue weighted by molar-refractivity contribution is 7.92. The second-order valence-electron chi connectivity index (χ2n) is 7.89. The maximum Gasteiger partial charge on any atom is 0.244 e. The molecule has 0 heterocycles. The van der Waals surface area contributed by atoms with Crippen LogP contribution in [0.5, 0.6) is 11.5 Å². The molecule has 0 aromatic heterocycles. The van der Waals surface area contributed by atoms with Gasteiger partial charge in [-0.15, -0.1) is 0 Å². The molecule has 0 aliphatic heterocycles. The first-order chi connectivity index (χ1) is 16.5. The van der Waals surface area contributed by atoms with Gasteiger partial charge in [0.15, 0.2) is 11.5 Å². The van der Waals surface area contributed by atoms with Gasteiger partial charge in [0.05, 0.1) is 26.2 Å². The van der Waals surface area contributed by atoms with Crippen molar-refractivity contribution in [1.82, 2.24) is 10.2 Å². The second-order valence-corrected chi connectivity index (χ2v) is 10.2. The van der Waals surface area contributed by atoms with E-state index >= 15 is 0 Å². The fourth-order valence-corrected chi connectivity index (χ4v) is 4.42. The topological polar surface area (TPSA) is 105 Å². The highest BCUT2D eigenvalue weighted by Gasteiger charge is 2.30. The number of rotatable bonds is 12. The van der Waals surface area contributed by atoms with Crippen LogP contribution < -0.4 is 19.1 Å². The molecule has 35 heavy (non-hydrogen) atoms. The van der Waals surface area contributed by atoms with Crippen LogP contribution in [0, 0.1) is 0 Å². The summed E-state index contributed by atoms with van der Waals surface area (Å²) >= 11 is 6.31. The minimum absolute atomic E-state index is 0.0305. The van der Waals surface area contributed by atoms with Crippen molar-refractivity contribution < 1.29 is 27.5 Å². The molecule has 2 amide bonds. The van der Waals surface area contributed by atoms with Crippen molar-refractivity contribution in [3.05, 3.63) is 53.1 Å². The summed E-state index contributed by atoms with van der Waals surface area (Å²) in [6.45, 7) is 3.48. The molecule has 9 nitrogen and oxygen atoms in total.